The van der Waals surface area contributed by atoms with Crippen LogP contribution in [0.25, 0.3) is 5.69 Å². The van der Waals surface area contributed by atoms with Crippen molar-refractivity contribution in [3.8, 4) is 5.69 Å². The molecule has 1 aromatic heterocycles. The molecule has 1 aromatic carbocycles. The topological polar surface area (TPSA) is 17.8 Å². The summed E-state index contributed by atoms with van der Waals surface area (Å²) < 4.78 is 39.1. The zero-order valence-corrected chi connectivity index (χ0v) is 10.5. The quantitative estimate of drug-likeness (QED) is 0.764. The van der Waals surface area contributed by atoms with E-state index in [-0.39, 0.29) is 4.47 Å². The number of halogens is 5. The Morgan fingerprint density at radius 1 is 1.18 bits per heavy atom. The van der Waals surface area contributed by atoms with E-state index in [1.807, 2.05) is 0 Å². The highest BCUT2D eigenvalue weighted by molar-refractivity contribution is 9.10. The lowest BCUT2D eigenvalue weighted by Crippen LogP contribution is -2.13. The minimum atomic E-state index is -4.48. The molecule has 0 N–H and O–H groups in total. The first-order valence-corrected chi connectivity index (χ1v) is 5.63. The minimum absolute atomic E-state index is 0.0973. The van der Waals surface area contributed by atoms with E-state index in [1.165, 1.54) is 24.3 Å². The number of aromatic nitrogens is 2. The molecule has 7 heteroatoms. The van der Waals surface area contributed by atoms with Crippen LogP contribution in [0.1, 0.15) is 5.69 Å². The Morgan fingerprint density at radius 2 is 1.76 bits per heavy atom. The molecular formula is C10H5BrClF3N2. The lowest BCUT2D eigenvalue weighted by Gasteiger charge is -2.10. The van der Waals surface area contributed by atoms with Crippen molar-refractivity contribution >= 4 is 27.5 Å². The van der Waals surface area contributed by atoms with Gasteiger partial charge in [-0.3, -0.25) is 0 Å². The van der Waals surface area contributed by atoms with Crippen molar-refractivity contribution in [3.05, 3.63) is 45.7 Å². The second-order valence-corrected chi connectivity index (χ2v) is 4.52. The van der Waals surface area contributed by atoms with Crippen LogP contribution in [0.4, 0.5) is 13.2 Å². The maximum atomic E-state index is 12.8. The first kappa shape index (κ1) is 12.4. The van der Waals surface area contributed by atoms with E-state index in [9.17, 15) is 13.2 Å². The van der Waals surface area contributed by atoms with E-state index in [2.05, 4.69) is 21.0 Å². The molecule has 0 bridgehead atoms. The molecule has 0 radical (unpaired) electrons. The zero-order valence-electron chi connectivity index (χ0n) is 8.17. The summed E-state index contributed by atoms with van der Waals surface area (Å²) in [6, 6.07) is 5.95. The van der Waals surface area contributed by atoms with Gasteiger partial charge in [0.2, 0.25) is 0 Å². The van der Waals surface area contributed by atoms with Crippen LogP contribution >= 0.6 is 27.5 Å². The Balaban J connectivity index is 2.57. The van der Waals surface area contributed by atoms with Gasteiger partial charge in [-0.2, -0.15) is 18.3 Å². The summed E-state index contributed by atoms with van der Waals surface area (Å²) in [6.07, 6.45) is -3.37. The van der Waals surface area contributed by atoms with E-state index in [4.69, 9.17) is 11.6 Å². The van der Waals surface area contributed by atoms with Gasteiger partial charge in [-0.25, -0.2) is 4.68 Å². The first-order chi connectivity index (χ1) is 7.89. The molecular weight excluding hydrogens is 320 g/mol. The molecule has 90 valence electrons. The number of nitrogens with zero attached hydrogens (tertiary/aromatic N) is 2. The largest absolute Gasteiger partial charge is 0.434 e. The van der Waals surface area contributed by atoms with Gasteiger partial charge in [0.15, 0.2) is 5.69 Å². The summed E-state index contributed by atoms with van der Waals surface area (Å²) in [4.78, 5) is 0. The minimum Gasteiger partial charge on any atom is -0.227 e. The Kier molecular flexibility index (Phi) is 3.18. The van der Waals surface area contributed by atoms with E-state index >= 15 is 0 Å². The third-order valence-corrected chi connectivity index (χ3v) is 2.90. The van der Waals surface area contributed by atoms with Crippen molar-refractivity contribution in [2.45, 2.75) is 6.18 Å². The summed E-state index contributed by atoms with van der Waals surface area (Å²) in [5.41, 5.74) is -0.549. The van der Waals surface area contributed by atoms with Crippen LogP contribution in [-0.4, -0.2) is 9.78 Å². The van der Waals surface area contributed by atoms with Crippen LogP contribution in [0.5, 0.6) is 0 Å². The number of rotatable bonds is 1. The fourth-order valence-electron chi connectivity index (χ4n) is 1.36. The smallest absolute Gasteiger partial charge is 0.227 e. The van der Waals surface area contributed by atoms with Crippen molar-refractivity contribution < 1.29 is 13.2 Å². The summed E-state index contributed by atoms with van der Waals surface area (Å²) >= 11 is 8.51. The maximum absolute atomic E-state index is 12.8. The molecule has 0 amide bonds. The molecule has 2 nitrogen and oxygen atoms in total. The molecule has 2 aromatic rings. The van der Waals surface area contributed by atoms with Crippen LogP contribution < -0.4 is 0 Å². The summed E-state index contributed by atoms with van der Waals surface area (Å²) in [7, 11) is 0. The number of benzene rings is 1. The zero-order chi connectivity index (χ0) is 12.6. The molecule has 0 saturated heterocycles. The maximum Gasteiger partial charge on any atom is 0.434 e. The fraction of sp³-hybridized carbons (Fsp3) is 0.100. The lowest BCUT2D eigenvalue weighted by molar-refractivity contribution is -0.143. The second-order valence-electron chi connectivity index (χ2n) is 3.23. The molecule has 1 heterocycles. The van der Waals surface area contributed by atoms with Crippen LogP contribution in [0.15, 0.2) is 34.9 Å². The monoisotopic (exact) mass is 324 g/mol. The van der Waals surface area contributed by atoms with Gasteiger partial charge in [-0.1, -0.05) is 11.6 Å². The molecule has 0 saturated carbocycles. The van der Waals surface area contributed by atoms with Crippen molar-refractivity contribution in [1.82, 2.24) is 9.78 Å². The average Bonchev–Trinajstić information content (AvgIpc) is 2.61. The van der Waals surface area contributed by atoms with Gasteiger partial charge in [-0.05, 0) is 40.2 Å². The van der Waals surface area contributed by atoms with Gasteiger partial charge in [0.1, 0.15) is 0 Å². The molecule has 0 atom stereocenters. The van der Waals surface area contributed by atoms with Gasteiger partial charge in [-0.15, -0.1) is 0 Å². The van der Waals surface area contributed by atoms with Crippen molar-refractivity contribution in [2.24, 2.45) is 0 Å². The van der Waals surface area contributed by atoms with Crippen LogP contribution in [0, 0.1) is 0 Å². The highest BCUT2D eigenvalue weighted by Crippen LogP contribution is 2.36. The predicted octanol–water partition coefficient (Wildman–Crippen LogP) is 4.31. The molecule has 0 aliphatic rings. The lowest BCUT2D eigenvalue weighted by atomic mass is 10.3. The average molecular weight is 326 g/mol. The predicted molar refractivity (Wildman–Crippen MR) is 61.3 cm³/mol. The number of alkyl halides is 3. The standard InChI is InChI=1S/C10H5BrClF3N2/c11-8-5-16-17(9(8)10(13,14)15)7-3-1-6(12)2-4-7/h1-5H. The normalized spacial score (nSPS) is 11.8. The molecule has 0 fully saturated rings. The van der Waals surface area contributed by atoms with Gasteiger partial charge in [0.05, 0.1) is 16.4 Å². The van der Waals surface area contributed by atoms with Crippen LogP contribution in [0.3, 0.4) is 0 Å². The summed E-state index contributed by atoms with van der Waals surface area (Å²) in [6.45, 7) is 0. The van der Waals surface area contributed by atoms with E-state index in [0.717, 1.165) is 10.9 Å². The van der Waals surface area contributed by atoms with Crippen molar-refractivity contribution in [2.75, 3.05) is 0 Å². The second kappa shape index (κ2) is 4.34. The fourth-order valence-corrected chi connectivity index (χ4v) is 1.97. The Morgan fingerprint density at radius 3 is 2.29 bits per heavy atom. The number of hydrogen-bond donors (Lipinski definition) is 0. The highest BCUT2D eigenvalue weighted by Gasteiger charge is 2.38. The SMILES string of the molecule is FC(F)(F)c1c(Br)cnn1-c1ccc(Cl)cc1. The summed E-state index contributed by atoms with van der Waals surface area (Å²) in [5, 5.41) is 4.14. The van der Waals surface area contributed by atoms with Gasteiger partial charge in [0.25, 0.3) is 0 Å². The van der Waals surface area contributed by atoms with Gasteiger partial charge < -0.3 is 0 Å². The van der Waals surface area contributed by atoms with E-state index in [0.29, 0.717) is 10.7 Å². The Hall–Kier alpha value is -1.01. The molecule has 0 spiro atoms. The third-order valence-electron chi connectivity index (χ3n) is 2.06. The van der Waals surface area contributed by atoms with Gasteiger partial charge in [0, 0.05) is 5.02 Å². The highest BCUT2D eigenvalue weighted by atomic mass is 79.9. The molecule has 0 aliphatic carbocycles. The van der Waals surface area contributed by atoms with Crippen LogP contribution in [0.2, 0.25) is 5.02 Å². The third kappa shape index (κ3) is 2.47. The van der Waals surface area contributed by atoms with Crippen molar-refractivity contribution in [1.29, 1.82) is 0 Å². The Bertz CT molecular complexity index is 533. The first-order valence-electron chi connectivity index (χ1n) is 4.46. The molecule has 17 heavy (non-hydrogen) atoms. The van der Waals surface area contributed by atoms with E-state index < -0.39 is 11.9 Å². The van der Waals surface area contributed by atoms with Gasteiger partial charge >= 0.3 is 6.18 Å². The Labute approximate surface area is 108 Å². The van der Waals surface area contributed by atoms with E-state index in [1.54, 1.807) is 0 Å². The van der Waals surface area contributed by atoms with Crippen molar-refractivity contribution in [3.63, 3.8) is 0 Å². The molecule has 0 aliphatic heterocycles. The molecule has 2 rings (SSSR count). The number of hydrogen-bond acceptors (Lipinski definition) is 1. The summed E-state index contributed by atoms with van der Waals surface area (Å²) in [5.74, 6) is 0. The van der Waals surface area contributed by atoms with Crippen LogP contribution in [-0.2, 0) is 6.18 Å². The molecule has 0 unspecified atom stereocenters.